The van der Waals surface area contributed by atoms with Crippen LogP contribution in [0.2, 0.25) is 0 Å². The van der Waals surface area contributed by atoms with Crippen molar-refractivity contribution in [2.75, 3.05) is 0 Å². The van der Waals surface area contributed by atoms with Crippen LogP contribution in [-0.2, 0) is 10.3 Å². The number of carbonyl (C=O) groups is 1. The van der Waals surface area contributed by atoms with Crippen LogP contribution in [0.15, 0.2) is 96.0 Å². The molecule has 4 heteroatoms. The van der Waals surface area contributed by atoms with Gasteiger partial charge in [0.25, 0.3) is 5.91 Å². The van der Waals surface area contributed by atoms with Crippen molar-refractivity contribution < 1.29 is 4.79 Å². The first-order valence-electron chi connectivity index (χ1n) is 10.1. The molecular formula is C26H21N3O. The number of nitrogens with one attached hydrogen (secondary N) is 1. The lowest BCUT2D eigenvalue weighted by Gasteiger charge is -2.21. The van der Waals surface area contributed by atoms with E-state index in [-0.39, 0.29) is 5.91 Å². The number of fused-ring (bicyclic) bond motifs is 1. The van der Waals surface area contributed by atoms with E-state index in [2.05, 4.69) is 5.32 Å². The molecule has 3 aromatic carbocycles. The first-order chi connectivity index (χ1) is 14.7. The highest BCUT2D eigenvalue weighted by molar-refractivity contribution is 6.20. The fourth-order valence-corrected chi connectivity index (χ4v) is 4.09. The molecule has 1 atom stereocenters. The van der Waals surface area contributed by atoms with E-state index in [4.69, 9.17) is 9.98 Å². The predicted octanol–water partition coefficient (Wildman–Crippen LogP) is 5.08. The summed E-state index contributed by atoms with van der Waals surface area (Å²) in [7, 11) is 0. The molecule has 0 spiro atoms. The average molecular weight is 391 g/mol. The summed E-state index contributed by atoms with van der Waals surface area (Å²) in [6.07, 6.45) is 0.584. The molecular weight excluding hydrogens is 370 g/mol. The second-order valence-electron chi connectivity index (χ2n) is 7.43. The third kappa shape index (κ3) is 2.89. The number of nitrogens with zero attached hydrogens (tertiary/aromatic N) is 2. The van der Waals surface area contributed by atoms with E-state index >= 15 is 0 Å². The minimum atomic E-state index is -0.909. The molecule has 1 amide bonds. The molecule has 4 aromatic rings. The Hall–Kier alpha value is -3.79. The number of aromatic nitrogens is 1. The Balaban J connectivity index is 1.72. The molecule has 0 saturated carbocycles. The van der Waals surface area contributed by atoms with E-state index in [1.165, 1.54) is 0 Å². The van der Waals surface area contributed by atoms with Crippen molar-refractivity contribution in [1.82, 2.24) is 10.3 Å². The van der Waals surface area contributed by atoms with Crippen molar-refractivity contribution >= 4 is 22.6 Å². The zero-order valence-corrected chi connectivity index (χ0v) is 16.7. The van der Waals surface area contributed by atoms with Crippen LogP contribution in [0.25, 0.3) is 22.2 Å². The summed E-state index contributed by atoms with van der Waals surface area (Å²) in [6.45, 7) is 2.00. The molecule has 2 heterocycles. The lowest BCUT2D eigenvalue weighted by atomic mass is 9.88. The maximum atomic E-state index is 13.2. The zero-order chi connectivity index (χ0) is 20.6. The van der Waals surface area contributed by atoms with Crippen molar-refractivity contribution in [2.45, 2.75) is 18.9 Å². The van der Waals surface area contributed by atoms with Crippen LogP contribution in [0, 0.1) is 0 Å². The number of benzene rings is 3. The molecule has 1 aliphatic heterocycles. The fourth-order valence-electron chi connectivity index (χ4n) is 4.09. The number of rotatable bonds is 4. The van der Waals surface area contributed by atoms with Gasteiger partial charge in [0, 0.05) is 16.5 Å². The Kier molecular flexibility index (Phi) is 4.40. The lowest BCUT2D eigenvalue weighted by Crippen LogP contribution is -2.37. The summed E-state index contributed by atoms with van der Waals surface area (Å²) in [6, 6.07) is 29.8. The largest absolute Gasteiger partial charge is 0.308 e. The standard InChI is InChI=1S/C26H21N3O/c1-2-26(19-13-7-4-8-14-19)25(30)28-24(29-26)21-17-23(18-11-5-3-6-12-18)27-22-16-10-9-15-20(21)22/h3-17H,2H2,1H3,(H,28,29,30). The highest BCUT2D eigenvalue weighted by Gasteiger charge is 2.44. The summed E-state index contributed by atoms with van der Waals surface area (Å²) in [5.41, 5.74) is 3.64. The fraction of sp³-hybridized carbons (Fsp3) is 0.115. The van der Waals surface area contributed by atoms with E-state index in [0.717, 1.165) is 33.3 Å². The van der Waals surface area contributed by atoms with Gasteiger partial charge in [-0.2, -0.15) is 0 Å². The Labute approximate surface area is 175 Å². The molecule has 0 aliphatic carbocycles. The molecule has 146 valence electrons. The SMILES string of the molecule is CCC1(c2ccccc2)N=C(c2cc(-c3ccccc3)nc3ccccc23)NC1=O. The van der Waals surface area contributed by atoms with Crippen LogP contribution in [-0.4, -0.2) is 16.7 Å². The predicted molar refractivity (Wildman–Crippen MR) is 120 cm³/mol. The maximum absolute atomic E-state index is 13.2. The van der Waals surface area contributed by atoms with Crippen LogP contribution in [0.5, 0.6) is 0 Å². The highest BCUT2D eigenvalue weighted by Crippen LogP contribution is 2.35. The van der Waals surface area contributed by atoms with Crippen LogP contribution in [0.1, 0.15) is 24.5 Å². The minimum absolute atomic E-state index is 0.0895. The Morgan fingerprint density at radius 2 is 1.53 bits per heavy atom. The molecule has 4 nitrogen and oxygen atoms in total. The minimum Gasteiger partial charge on any atom is -0.308 e. The van der Waals surface area contributed by atoms with Crippen molar-refractivity contribution in [2.24, 2.45) is 4.99 Å². The van der Waals surface area contributed by atoms with Gasteiger partial charge in [0.05, 0.1) is 11.2 Å². The number of hydrogen-bond acceptors (Lipinski definition) is 3. The van der Waals surface area contributed by atoms with E-state index in [0.29, 0.717) is 12.3 Å². The first kappa shape index (κ1) is 18.3. The van der Waals surface area contributed by atoms with Gasteiger partial charge in [-0.25, -0.2) is 9.98 Å². The third-order valence-corrected chi connectivity index (χ3v) is 5.71. The first-order valence-corrected chi connectivity index (χ1v) is 10.1. The van der Waals surface area contributed by atoms with Gasteiger partial charge in [0.15, 0.2) is 5.54 Å². The van der Waals surface area contributed by atoms with E-state index in [1.807, 2.05) is 97.9 Å². The summed E-state index contributed by atoms with van der Waals surface area (Å²) in [4.78, 5) is 23.0. The average Bonchev–Trinajstić information content (AvgIpc) is 3.16. The molecule has 0 fully saturated rings. The van der Waals surface area contributed by atoms with E-state index in [9.17, 15) is 4.79 Å². The van der Waals surface area contributed by atoms with Gasteiger partial charge in [-0.15, -0.1) is 0 Å². The topological polar surface area (TPSA) is 54.4 Å². The number of aliphatic imine (C=N–C) groups is 1. The van der Waals surface area contributed by atoms with Gasteiger partial charge in [-0.3, -0.25) is 4.79 Å². The molecule has 1 unspecified atom stereocenters. The molecule has 1 N–H and O–H groups in total. The molecule has 0 bridgehead atoms. The second-order valence-corrected chi connectivity index (χ2v) is 7.43. The third-order valence-electron chi connectivity index (χ3n) is 5.71. The summed E-state index contributed by atoms with van der Waals surface area (Å²) in [5.74, 6) is 0.509. The highest BCUT2D eigenvalue weighted by atomic mass is 16.2. The molecule has 1 aliphatic rings. The van der Waals surface area contributed by atoms with Crippen molar-refractivity contribution in [3.63, 3.8) is 0 Å². The molecule has 1 aromatic heterocycles. The van der Waals surface area contributed by atoms with Crippen molar-refractivity contribution in [3.8, 4) is 11.3 Å². The van der Waals surface area contributed by atoms with Crippen molar-refractivity contribution in [3.05, 3.63) is 102 Å². The second kappa shape index (κ2) is 7.23. The normalized spacial score (nSPS) is 18.3. The smallest absolute Gasteiger partial charge is 0.258 e. The van der Waals surface area contributed by atoms with E-state index in [1.54, 1.807) is 0 Å². The summed E-state index contributed by atoms with van der Waals surface area (Å²) < 4.78 is 0. The maximum Gasteiger partial charge on any atom is 0.258 e. The summed E-state index contributed by atoms with van der Waals surface area (Å²) >= 11 is 0. The Bertz CT molecular complexity index is 1270. The molecule has 0 radical (unpaired) electrons. The number of amidine groups is 1. The van der Waals surface area contributed by atoms with Gasteiger partial charge in [-0.05, 0) is 24.1 Å². The zero-order valence-electron chi connectivity index (χ0n) is 16.7. The molecule has 0 saturated heterocycles. The lowest BCUT2D eigenvalue weighted by molar-refractivity contribution is -0.124. The van der Waals surface area contributed by atoms with Gasteiger partial charge in [-0.1, -0.05) is 85.8 Å². The van der Waals surface area contributed by atoms with Crippen LogP contribution < -0.4 is 5.32 Å². The molecule has 30 heavy (non-hydrogen) atoms. The number of para-hydroxylation sites is 1. The van der Waals surface area contributed by atoms with Gasteiger partial charge >= 0.3 is 0 Å². The van der Waals surface area contributed by atoms with Gasteiger partial charge in [0.1, 0.15) is 5.84 Å². The quantitative estimate of drug-likeness (QED) is 0.527. The van der Waals surface area contributed by atoms with E-state index < -0.39 is 5.54 Å². The van der Waals surface area contributed by atoms with Gasteiger partial charge < -0.3 is 5.32 Å². The Morgan fingerprint density at radius 3 is 2.27 bits per heavy atom. The van der Waals surface area contributed by atoms with Crippen LogP contribution in [0.3, 0.4) is 0 Å². The number of pyridine rings is 1. The van der Waals surface area contributed by atoms with Gasteiger partial charge in [0.2, 0.25) is 0 Å². The molecule has 5 rings (SSSR count). The van der Waals surface area contributed by atoms with Crippen molar-refractivity contribution in [1.29, 1.82) is 0 Å². The monoisotopic (exact) mass is 391 g/mol. The summed E-state index contributed by atoms with van der Waals surface area (Å²) in [5, 5.41) is 4.03. The Morgan fingerprint density at radius 1 is 0.867 bits per heavy atom. The number of carbonyl (C=O) groups excluding carboxylic acids is 1. The van der Waals surface area contributed by atoms with Crippen LogP contribution >= 0.6 is 0 Å². The van der Waals surface area contributed by atoms with Crippen LogP contribution in [0.4, 0.5) is 0 Å². The number of amides is 1. The number of hydrogen-bond donors (Lipinski definition) is 1.